The smallest absolute Gasteiger partial charge is 0.374 e. The lowest BCUT2D eigenvalue weighted by atomic mass is 10.0. The second-order valence-electron chi connectivity index (χ2n) is 4.63. The van der Waals surface area contributed by atoms with Crippen LogP contribution in [0, 0.1) is 0 Å². The van der Waals surface area contributed by atoms with Crippen LogP contribution < -0.4 is 0 Å². The molecule has 0 aliphatic heterocycles. The molecule has 126 valence electrons. The lowest BCUT2D eigenvalue weighted by Crippen LogP contribution is -2.07. The van der Waals surface area contributed by atoms with E-state index in [0.717, 1.165) is 0 Å². The molecule has 1 heterocycles. The summed E-state index contributed by atoms with van der Waals surface area (Å²) in [6.07, 6.45) is 0. The fourth-order valence-electron chi connectivity index (χ4n) is 2.08. The van der Waals surface area contributed by atoms with Crippen LogP contribution in [0.3, 0.4) is 0 Å². The average Bonchev–Trinajstić information content (AvgIpc) is 3.10. The van der Waals surface area contributed by atoms with E-state index in [1.54, 1.807) is 6.92 Å². The summed E-state index contributed by atoms with van der Waals surface area (Å²) >= 11 is 0. The van der Waals surface area contributed by atoms with Gasteiger partial charge in [0.2, 0.25) is 5.76 Å². The largest absolute Gasteiger partial charge is 0.465 e. The Bertz CT molecular complexity index is 773. The van der Waals surface area contributed by atoms with Gasteiger partial charge < -0.3 is 18.6 Å². The van der Waals surface area contributed by atoms with Gasteiger partial charge in [0.05, 0.1) is 32.0 Å². The number of furan rings is 1. The molecule has 7 nitrogen and oxygen atoms in total. The van der Waals surface area contributed by atoms with E-state index in [1.165, 1.54) is 44.6 Å². The van der Waals surface area contributed by atoms with Crippen LogP contribution in [-0.4, -0.2) is 38.7 Å². The maximum Gasteiger partial charge on any atom is 0.374 e. The van der Waals surface area contributed by atoms with Crippen molar-refractivity contribution in [3.63, 3.8) is 0 Å². The van der Waals surface area contributed by atoms with E-state index in [9.17, 15) is 14.4 Å². The molecule has 0 saturated heterocycles. The van der Waals surface area contributed by atoms with E-state index in [1.807, 2.05) is 0 Å². The van der Waals surface area contributed by atoms with Crippen LogP contribution in [0.2, 0.25) is 0 Å². The normalized spacial score (nSPS) is 10.1. The lowest BCUT2D eigenvalue weighted by Gasteiger charge is -2.08. The van der Waals surface area contributed by atoms with E-state index in [4.69, 9.17) is 13.9 Å². The standard InChI is InChI=1S/C17H16O7/c1-4-23-17(20)14-8-7-13(24-14)12-9-10(15(18)21-2)5-6-11(12)16(19)22-3/h5-9H,4H2,1-3H3. The quantitative estimate of drug-likeness (QED) is 0.614. The third-order valence-corrected chi connectivity index (χ3v) is 3.19. The number of hydrogen-bond acceptors (Lipinski definition) is 7. The van der Waals surface area contributed by atoms with Crippen molar-refractivity contribution in [2.24, 2.45) is 0 Å². The van der Waals surface area contributed by atoms with Crippen LogP contribution in [0.25, 0.3) is 11.3 Å². The number of methoxy groups -OCH3 is 2. The van der Waals surface area contributed by atoms with Crippen molar-refractivity contribution < 1.29 is 33.0 Å². The predicted octanol–water partition coefficient (Wildman–Crippen LogP) is 2.70. The molecule has 0 spiro atoms. The molecule has 0 aliphatic carbocycles. The predicted molar refractivity (Wildman–Crippen MR) is 82.8 cm³/mol. The molecule has 7 heteroatoms. The molecule has 0 radical (unpaired) electrons. The zero-order valence-electron chi connectivity index (χ0n) is 13.5. The first-order valence-corrected chi connectivity index (χ1v) is 7.09. The van der Waals surface area contributed by atoms with Gasteiger partial charge in [0.1, 0.15) is 5.76 Å². The van der Waals surface area contributed by atoms with Crippen molar-refractivity contribution in [2.45, 2.75) is 6.92 Å². The lowest BCUT2D eigenvalue weighted by molar-refractivity contribution is 0.0490. The molecule has 24 heavy (non-hydrogen) atoms. The second kappa shape index (κ2) is 7.45. The number of esters is 3. The maximum atomic E-state index is 11.9. The fraction of sp³-hybridized carbons (Fsp3) is 0.235. The summed E-state index contributed by atoms with van der Waals surface area (Å²) in [6.45, 7) is 1.89. The van der Waals surface area contributed by atoms with Crippen LogP contribution in [0.5, 0.6) is 0 Å². The molecule has 0 unspecified atom stereocenters. The molecule has 2 aromatic rings. The molecule has 0 bridgehead atoms. The highest BCUT2D eigenvalue weighted by molar-refractivity contribution is 6.00. The number of carbonyl (C=O) groups excluding carboxylic acids is 3. The summed E-state index contributed by atoms with van der Waals surface area (Å²) in [5.74, 6) is -1.57. The Balaban J connectivity index is 2.51. The number of carbonyl (C=O) groups is 3. The van der Waals surface area contributed by atoms with Gasteiger partial charge in [-0.15, -0.1) is 0 Å². The summed E-state index contributed by atoms with van der Waals surface area (Å²) in [7, 11) is 2.49. The summed E-state index contributed by atoms with van der Waals surface area (Å²) in [4.78, 5) is 35.3. The van der Waals surface area contributed by atoms with Gasteiger partial charge in [0, 0.05) is 5.56 Å². The Labute approximate surface area is 138 Å². The zero-order valence-corrected chi connectivity index (χ0v) is 13.5. The van der Waals surface area contributed by atoms with Crippen LogP contribution in [0.4, 0.5) is 0 Å². The van der Waals surface area contributed by atoms with Crippen molar-refractivity contribution in [1.29, 1.82) is 0 Å². The minimum Gasteiger partial charge on any atom is -0.465 e. The number of ether oxygens (including phenoxy) is 3. The van der Waals surface area contributed by atoms with Gasteiger partial charge in [-0.05, 0) is 37.3 Å². The average molecular weight is 332 g/mol. The SMILES string of the molecule is CCOC(=O)c1ccc(-c2cc(C(=O)OC)ccc2C(=O)OC)o1. The molecule has 0 fully saturated rings. The number of hydrogen-bond donors (Lipinski definition) is 0. The molecule has 0 saturated carbocycles. The fourth-order valence-corrected chi connectivity index (χ4v) is 2.08. The Hall–Kier alpha value is -3.09. The van der Waals surface area contributed by atoms with Crippen LogP contribution in [0.1, 0.15) is 38.2 Å². The first kappa shape index (κ1) is 17.3. The highest BCUT2D eigenvalue weighted by Crippen LogP contribution is 2.28. The molecule has 0 N–H and O–H groups in total. The Morgan fingerprint density at radius 1 is 0.958 bits per heavy atom. The van der Waals surface area contributed by atoms with Gasteiger partial charge in [0.15, 0.2) is 0 Å². The molecular formula is C17H16O7. The van der Waals surface area contributed by atoms with Crippen LogP contribution in [0.15, 0.2) is 34.7 Å². The summed E-state index contributed by atoms with van der Waals surface area (Å²) in [6, 6.07) is 7.25. The molecule has 0 aliphatic rings. The second-order valence-corrected chi connectivity index (χ2v) is 4.63. The maximum absolute atomic E-state index is 11.9. The summed E-state index contributed by atoms with van der Waals surface area (Å²) < 4.78 is 19.7. The van der Waals surface area contributed by atoms with Gasteiger partial charge in [-0.1, -0.05) is 0 Å². The highest BCUT2D eigenvalue weighted by atomic mass is 16.5. The first-order chi connectivity index (χ1) is 11.5. The molecule has 0 amide bonds. The molecule has 2 rings (SSSR count). The van der Waals surface area contributed by atoms with Crippen molar-refractivity contribution >= 4 is 17.9 Å². The van der Waals surface area contributed by atoms with Crippen molar-refractivity contribution in [1.82, 2.24) is 0 Å². The summed E-state index contributed by atoms with van der Waals surface area (Å²) in [5, 5.41) is 0. The van der Waals surface area contributed by atoms with E-state index in [2.05, 4.69) is 4.74 Å². The number of benzene rings is 1. The Kier molecular flexibility index (Phi) is 5.36. The zero-order chi connectivity index (χ0) is 17.7. The number of rotatable bonds is 5. The topological polar surface area (TPSA) is 92.0 Å². The van der Waals surface area contributed by atoms with E-state index >= 15 is 0 Å². The van der Waals surface area contributed by atoms with Crippen molar-refractivity contribution in [2.75, 3.05) is 20.8 Å². The van der Waals surface area contributed by atoms with Crippen molar-refractivity contribution in [3.05, 3.63) is 47.2 Å². The van der Waals surface area contributed by atoms with Gasteiger partial charge in [0.25, 0.3) is 0 Å². The van der Waals surface area contributed by atoms with E-state index in [0.29, 0.717) is 5.56 Å². The molecule has 0 atom stereocenters. The minimum atomic E-state index is -0.618. The minimum absolute atomic E-state index is 0.00821. The monoisotopic (exact) mass is 332 g/mol. The van der Waals surface area contributed by atoms with Crippen molar-refractivity contribution in [3.8, 4) is 11.3 Å². The van der Waals surface area contributed by atoms with Gasteiger partial charge in [-0.25, -0.2) is 14.4 Å². The Morgan fingerprint density at radius 3 is 2.29 bits per heavy atom. The molecule has 1 aromatic heterocycles. The third-order valence-electron chi connectivity index (χ3n) is 3.19. The van der Waals surface area contributed by atoms with Crippen LogP contribution in [-0.2, 0) is 14.2 Å². The molecule has 1 aromatic carbocycles. The third kappa shape index (κ3) is 3.45. The van der Waals surface area contributed by atoms with E-state index in [-0.39, 0.29) is 29.3 Å². The molecular weight excluding hydrogens is 316 g/mol. The van der Waals surface area contributed by atoms with Gasteiger partial charge >= 0.3 is 17.9 Å². The van der Waals surface area contributed by atoms with Gasteiger partial charge in [-0.3, -0.25) is 0 Å². The Morgan fingerprint density at radius 2 is 1.67 bits per heavy atom. The van der Waals surface area contributed by atoms with Crippen LogP contribution >= 0.6 is 0 Å². The highest BCUT2D eigenvalue weighted by Gasteiger charge is 2.20. The first-order valence-electron chi connectivity index (χ1n) is 7.09. The summed E-state index contributed by atoms with van der Waals surface area (Å²) in [5.41, 5.74) is 0.726. The van der Waals surface area contributed by atoms with Gasteiger partial charge in [-0.2, -0.15) is 0 Å². The van der Waals surface area contributed by atoms with E-state index < -0.39 is 17.9 Å².